The number of piperazine rings is 1. The number of hydrogen-bond acceptors (Lipinski definition) is 3. The van der Waals surface area contributed by atoms with Crippen molar-refractivity contribution in [1.82, 2.24) is 9.80 Å². The number of nitrogens with zero attached hydrogens (tertiary/aromatic N) is 3. The molecule has 1 saturated heterocycles. The molecule has 0 aromatic heterocycles. The van der Waals surface area contributed by atoms with Gasteiger partial charge < -0.3 is 4.90 Å². The fourth-order valence-corrected chi connectivity index (χ4v) is 2.67. The fraction of sp³-hybridized carbons (Fsp3) is 0.500. The lowest BCUT2D eigenvalue weighted by atomic mass is 10.1. The highest BCUT2D eigenvalue weighted by Crippen LogP contribution is 2.29. The topological polar surface area (TPSA) is 47.3 Å². The van der Waals surface area contributed by atoms with Crippen molar-refractivity contribution < 1.29 is 4.79 Å². The molecule has 1 aliphatic carbocycles. The van der Waals surface area contributed by atoms with E-state index in [1.54, 1.807) is 24.3 Å². The van der Waals surface area contributed by atoms with Gasteiger partial charge in [0.1, 0.15) is 0 Å². The third kappa shape index (κ3) is 3.00. The molecule has 1 aromatic carbocycles. The molecule has 2 fully saturated rings. The van der Waals surface area contributed by atoms with Crippen molar-refractivity contribution in [3.63, 3.8) is 0 Å². The number of rotatable bonds is 3. The third-order valence-corrected chi connectivity index (χ3v) is 4.13. The van der Waals surface area contributed by atoms with Crippen LogP contribution in [0.3, 0.4) is 0 Å². The second kappa shape index (κ2) is 5.64. The predicted octanol–water partition coefficient (Wildman–Crippen LogP) is 1.73. The SMILES string of the molecule is N#Cc1ccc(C(=O)N2CCN(CC3CC3)CC2)cc1. The Morgan fingerprint density at radius 1 is 1.15 bits per heavy atom. The number of nitriles is 1. The summed E-state index contributed by atoms with van der Waals surface area (Å²) >= 11 is 0. The van der Waals surface area contributed by atoms with Crippen molar-refractivity contribution in [3.05, 3.63) is 35.4 Å². The van der Waals surface area contributed by atoms with Crippen LogP contribution in [0.5, 0.6) is 0 Å². The second-order valence-electron chi connectivity index (χ2n) is 5.73. The molecular formula is C16H19N3O. The number of carbonyl (C=O) groups is 1. The van der Waals surface area contributed by atoms with Gasteiger partial charge in [-0.25, -0.2) is 0 Å². The van der Waals surface area contributed by atoms with Crippen molar-refractivity contribution in [2.24, 2.45) is 5.92 Å². The summed E-state index contributed by atoms with van der Waals surface area (Å²) in [5, 5.41) is 8.77. The van der Waals surface area contributed by atoms with Crippen molar-refractivity contribution in [2.45, 2.75) is 12.8 Å². The Labute approximate surface area is 119 Å². The van der Waals surface area contributed by atoms with E-state index in [1.165, 1.54) is 19.4 Å². The normalized spacial score (nSPS) is 19.6. The average Bonchev–Trinajstić information content (AvgIpc) is 3.31. The number of hydrogen-bond donors (Lipinski definition) is 0. The van der Waals surface area contributed by atoms with E-state index in [0.29, 0.717) is 11.1 Å². The van der Waals surface area contributed by atoms with Crippen molar-refractivity contribution in [3.8, 4) is 6.07 Å². The van der Waals surface area contributed by atoms with Crippen molar-refractivity contribution >= 4 is 5.91 Å². The molecule has 20 heavy (non-hydrogen) atoms. The second-order valence-corrected chi connectivity index (χ2v) is 5.73. The van der Waals surface area contributed by atoms with Gasteiger partial charge in [-0.3, -0.25) is 9.69 Å². The monoisotopic (exact) mass is 269 g/mol. The quantitative estimate of drug-likeness (QED) is 0.839. The molecule has 0 unspecified atom stereocenters. The lowest BCUT2D eigenvalue weighted by Crippen LogP contribution is -2.49. The summed E-state index contributed by atoms with van der Waals surface area (Å²) in [6, 6.07) is 8.98. The van der Waals surface area contributed by atoms with E-state index in [1.807, 2.05) is 4.90 Å². The van der Waals surface area contributed by atoms with Gasteiger partial charge in [-0.1, -0.05) is 0 Å². The highest BCUT2D eigenvalue weighted by molar-refractivity contribution is 5.94. The summed E-state index contributed by atoms with van der Waals surface area (Å²) in [6.07, 6.45) is 2.76. The first kappa shape index (κ1) is 13.1. The third-order valence-electron chi connectivity index (χ3n) is 4.13. The molecule has 1 aliphatic heterocycles. The first-order valence-electron chi connectivity index (χ1n) is 7.28. The first-order chi connectivity index (χ1) is 9.76. The molecule has 2 aliphatic rings. The predicted molar refractivity (Wildman–Crippen MR) is 76.2 cm³/mol. The minimum atomic E-state index is 0.0839. The van der Waals surface area contributed by atoms with Gasteiger partial charge in [0.2, 0.25) is 0 Å². The largest absolute Gasteiger partial charge is 0.336 e. The maximum absolute atomic E-state index is 12.4. The van der Waals surface area contributed by atoms with Gasteiger partial charge in [0.05, 0.1) is 11.6 Å². The minimum Gasteiger partial charge on any atom is -0.336 e. The molecular weight excluding hydrogens is 250 g/mol. The first-order valence-corrected chi connectivity index (χ1v) is 7.28. The van der Waals surface area contributed by atoms with E-state index >= 15 is 0 Å². The minimum absolute atomic E-state index is 0.0839. The number of amides is 1. The van der Waals surface area contributed by atoms with Crippen molar-refractivity contribution in [1.29, 1.82) is 5.26 Å². The van der Waals surface area contributed by atoms with Gasteiger partial charge in [-0.15, -0.1) is 0 Å². The zero-order valence-corrected chi connectivity index (χ0v) is 11.6. The van der Waals surface area contributed by atoms with Crippen LogP contribution >= 0.6 is 0 Å². The van der Waals surface area contributed by atoms with Crippen LogP contribution in [0.2, 0.25) is 0 Å². The smallest absolute Gasteiger partial charge is 0.253 e. The molecule has 104 valence electrons. The van der Waals surface area contributed by atoms with Gasteiger partial charge in [-0.05, 0) is 43.0 Å². The molecule has 1 aromatic rings. The summed E-state index contributed by atoms with van der Waals surface area (Å²) in [5.41, 5.74) is 1.27. The van der Waals surface area contributed by atoms with Gasteiger partial charge in [0.25, 0.3) is 5.91 Å². The maximum atomic E-state index is 12.4. The van der Waals surface area contributed by atoms with E-state index in [0.717, 1.165) is 32.1 Å². The zero-order chi connectivity index (χ0) is 13.9. The highest BCUT2D eigenvalue weighted by Gasteiger charge is 2.27. The van der Waals surface area contributed by atoms with Gasteiger partial charge in [-0.2, -0.15) is 5.26 Å². The van der Waals surface area contributed by atoms with Crippen molar-refractivity contribution in [2.75, 3.05) is 32.7 Å². The van der Waals surface area contributed by atoms with Crippen LogP contribution in [-0.2, 0) is 0 Å². The van der Waals surface area contributed by atoms with Gasteiger partial charge in [0.15, 0.2) is 0 Å². The summed E-state index contributed by atoms with van der Waals surface area (Å²) in [6.45, 7) is 4.80. The zero-order valence-electron chi connectivity index (χ0n) is 11.6. The summed E-state index contributed by atoms with van der Waals surface area (Å²) in [7, 11) is 0. The Kier molecular flexibility index (Phi) is 3.70. The van der Waals surface area contributed by atoms with E-state index in [2.05, 4.69) is 11.0 Å². The molecule has 1 amide bonds. The van der Waals surface area contributed by atoms with Crippen LogP contribution in [0.25, 0.3) is 0 Å². The summed E-state index contributed by atoms with van der Waals surface area (Å²) in [4.78, 5) is 16.8. The lowest BCUT2D eigenvalue weighted by Gasteiger charge is -2.34. The molecule has 0 radical (unpaired) electrons. The molecule has 1 saturated carbocycles. The maximum Gasteiger partial charge on any atom is 0.253 e. The Hall–Kier alpha value is -1.86. The molecule has 0 spiro atoms. The molecule has 1 heterocycles. The molecule has 4 heteroatoms. The Morgan fingerprint density at radius 2 is 1.80 bits per heavy atom. The van der Waals surface area contributed by atoms with Crippen LogP contribution in [0.1, 0.15) is 28.8 Å². The molecule has 0 atom stereocenters. The summed E-state index contributed by atoms with van der Waals surface area (Å²) in [5.74, 6) is 0.997. The van der Waals surface area contributed by atoms with Crippen LogP contribution in [0, 0.1) is 17.2 Å². The standard InChI is InChI=1S/C16H19N3O/c17-11-13-3-5-15(6-4-13)16(20)19-9-7-18(8-10-19)12-14-1-2-14/h3-6,14H,1-2,7-10,12H2. The number of carbonyl (C=O) groups excluding carboxylic acids is 1. The average molecular weight is 269 g/mol. The Bertz CT molecular complexity index is 520. The van der Waals surface area contributed by atoms with E-state index in [4.69, 9.17) is 5.26 Å². The summed E-state index contributed by atoms with van der Waals surface area (Å²) < 4.78 is 0. The fourth-order valence-electron chi connectivity index (χ4n) is 2.67. The molecule has 3 rings (SSSR count). The van der Waals surface area contributed by atoms with E-state index in [9.17, 15) is 4.79 Å². The van der Waals surface area contributed by atoms with Crippen LogP contribution in [0.4, 0.5) is 0 Å². The number of benzene rings is 1. The van der Waals surface area contributed by atoms with E-state index < -0.39 is 0 Å². The van der Waals surface area contributed by atoms with Crippen LogP contribution in [-0.4, -0.2) is 48.4 Å². The highest BCUT2D eigenvalue weighted by atomic mass is 16.2. The molecule has 0 bridgehead atoms. The Morgan fingerprint density at radius 3 is 2.35 bits per heavy atom. The van der Waals surface area contributed by atoms with Gasteiger partial charge in [0, 0.05) is 38.3 Å². The molecule has 0 N–H and O–H groups in total. The van der Waals surface area contributed by atoms with Crippen LogP contribution in [0.15, 0.2) is 24.3 Å². The lowest BCUT2D eigenvalue weighted by molar-refractivity contribution is 0.0632. The van der Waals surface area contributed by atoms with Crippen LogP contribution < -0.4 is 0 Å². The van der Waals surface area contributed by atoms with E-state index in [-0.39, 0.29) is 5.91 Å². The van der Waals surface area contributed by atoms with Gasteiger partial charge >= 0.3 is 0 Å². The molecule has 4 nitrogen and oxygen atoms in total. The Balaban J connectivity index is 1.56.